The molecule has 0 saturated carbocycles. The minimum atomic E-state index is -0.0560. The van der Waals surface area contributed by atoms with Crippen LogP contribution in [0.3, 0.4) is 0 Å². The predicted octanol–water partition coefficient (Wildman–Crippen LogP) is 3.01. The van der Waals surface area contributed by atoms with Crippen molar-refractivity contribution in [3.63, 3.8) is 0 Å². The lowest BCUT2D eigenvalue weighted by Gasteiger charge is -2.33. The van der Waals surface area contributed by atoms with E-state index in [2.05, 4.69) is 46.4 Å². The maximum Gasteiger partial charge on any atom is 0.309 e. The number of likely N-dealkylation sites (tertiary alicyclic amines) is 1. The van der Waals surface area contributed by atoms with E-state index in [-0.39, 0.29) is 35.9 Å². The molecule has 0 bridgehead atoms. The fourth-order valence-electron chi connectivity index (χ4n) is 3.11. The van der Waals surface area contributed by atoms with Gasteiger partial charge in [-0.3, -0.25) is 9.79 Å². The molecule has 1 heterocycles. The first kappa shape index (κ1) is 21.7. The topological polar surface area (TPSA) is 53.9 Å². The third-order valence-corrected chi connectivity index (χ3v) is 4.41. The van der Waals surface area contributed by atoms with Crippen LogP contribution in [0.15, 0.2) is 29.3 Å². The summed E-state index contributed by atoms with van der Waals surface area (Å²) in [5.74, 6) is 0.899. The van der Waals surface area contributed by atoms with E-state index in [1.807, 2.05) is 14.0 Å². The van der Waals surface area contributed by atoms with E-state index in [9.17, 15) is 4.79 Å². The Kier molecular flexibility index (Phi) is 9.85. The number of carbonyl (C=O) groups is 1. The predicted molar refractivity (Wildman–Crippen MR) is 113 cm³/mol. The number of aryl methyl sites for hydroxylation is 1. The summed E-state index contributed by atoms with van der Waals surface area (Å²) in [6, 6.07) is 8.58. The van der Waals surface area contributed by atoms with Gasteiger partial charge in [0.05, 0.1) is 12.5 Å². The second-order valence-corrected chi connectivity index (χ2v) is 6.23. The Balaban J connectivity index is 0.00000312. The molecule has 0 spiro atoms. The van der Waals surface area contributed by atoms with Gasteiger partial charge in [-0.25, -0.2) is 0 Å². The number of carbonyl (C=O) groups excluding carboxylic acids is 1. The zero-order chi connectivity index (χ0) is 17.4. The number of piperidine rings is 1. The number of benzene rings is 1. The van der Waals surface area contributed by atoms with Crippen molar-refractivity contribution in [1.82, 2.24) is 10.2 Å². The first-order valence-electron chi connectivity index (χ1n) is 8.81. The highest BCUT2D eigenvalue weighted by molar-refractivity contribution is 14.0. The molecule has 1 aromatic rings. The van der Waals surface area contributed by atoms with Crippen LogP contribution in [0.4, 0.5) is 0 Å². The Hall–Kier alpha value is -1.31. The molecule has 6 heteroatoms. The normalized spacial score (nSPS) is 15.5. The van der Waals surface area contributed by atoms with E-state index in [0.717, 1.165) is 44.9 Å². The molecule has 5 nitrogen and oxygen atoms in total. The van der Waals surface area contributed by atoms with Gasteiger partial charge in [0.15, 0.2) is 5.96 Å². The number of halogens is 1. The fraction of sp³-hybridized carbons (Fsp3) is 0.579. The van der Waals surface area contributed by atoms with Gasteiger partial charge in [0, 0.05) is 26.7 Å². The number of guanidine groups is 1. The second kappa shape index (κ2) is 11.3. The smallest absolute Gasteiger partial charge is 0.309 e. The van der Waals surface area contributed by atoms with Gasteiger partial charge < -0.3 is 15.0 Å². The quantitative estimate of drug-likeness (QED) is 0.319. The molecule has 1 N–H and O–H groups in total. The SMILES string of the molecule is CCOC(=O)C1CCN(C(=NC)NCCc2cccc(C)c2)CC1.I. The summed E-state index contributed by atoms with van der Waals surface area (Å²) < 4.78 is 5.12. The van der Waals surface area contributed by atoms with Crippen LogP contribution in [0, 0.1) is 12.8 Å². The third kappa shape index (κ3) is 6.84. The molecule has 140 valence electrons. The lowest BCUT2D eigenvalue weighted by molar-refractivity contribution is -0.149. The van der Waals surface area contributed by atoms with E-state index < -0.39 is 0 Å². The summed E-state index contributed by atoms with van der Waals surface area (Å²) >= 11 is 0. The van der Waals surface area contributed by atoms with Crippen LogP contribution < -0.4 is 5.32 Å². The Morgan fingerprint density at radius 2 is 2.08 bits per heavy atom. The van der Waals surface area contributed by atoms with E-state index >= 15 is 0 Å². The monoisotopic (exact) mass is 459 g/mol. The molecule has 1 aliphatic rings. The van der Waals surface area contributed by atoms with Crippen LogP contribution in [0.25, 0.3) is 0 Å². The molecule has 1 fully saturated rings. The standard InChI is InChI=1S/C19H29N3O2.HI/c1-4-24-18(23)17-9-12-22(13-10-17)19(20-3)21-11-8-16-7-5-6-15(2)14-16;/h5-7,14,17H,4,8-13H2,1-3H3,(H,20,21);1H. The molecular formula is C19H30IN3O2. The molecule has 1 aromatic carbocycles. The van der Waals surface area contributed by atoms with Crippen LogP contribution in [0.5, 0.6) is 0 Å². The van der Waals surface area contributed by atoms with Gasteiger partial charge in [-0.05, 0) is 38.7 Å². The highest BCUT2D eigenvalue weighted by atomic mass is 127. The summed E-state index contributed by atoms with van der Waals surface area (Å²) in [4.78, 5) is 18.4. The van der Waals surface area contributed by atoms with Crippen molar-refractivity contribution < 1.29 is 9.53 Å². The first-order valence-corrected chi connectivity index (χ1v) is 8.81. The molecule has 1 aliphatic heterocycles. The van der Waals surface area contributed by atoms with Gasteiger partial charge in [0.25, 0.3) is 0 Å². The molecule has 0 unspecified atom stereocenters. The first-order chi connectivity index (χ1) is 11.6. The van der Waals surface area contributed by atoms with Crippen molar-refractivity contribution in [2.45, 2.75) is 33.1 Å². The summed E-state index contributed by atoms with van der Waals surface area (Å²) in [6.45, 7) is 6.97. The number of nitrogens with zero attached hydrogens (tertiary/aromatic N) is 2. The molecule has 0 amide bonds. The van der Waals surface area contributed by atoms with Gasteiger partial charge >= 0.3 is 5.97 Å². The lowest BCUT2D eigenvalue weighted by atomic mass is 9.97. The Morgan fingerprint density at radius 3 is 2.68 bits per heavy atom. The lowest BCUT2D eigenvalue weighted by Crippen LogP contribution is -2.47. The van der Waals surface area contributed by atoms with Gasteiger partial charge in [-0.2, -0.15) is 0 Å². The minimum absolute atomic E-state index is 0. The molecule has 1 saturated heterocycles. The van der Waals surface area contributed by atoms with Gasteiger partial charge in [0.2, 0.25) is 0 Å². The number of hydrogen-bond donors (Lipinski definition) is 1. The van der Waals surface area contributed by atoms with Gasteiger partial charge in [0.1, 0.15) is 0 Å². The van der Waals surface area contributed by atoms with Crippen LogP contribution >= 0.6 is 24.0 Å². The molecule has 0 atom stereocenters. The second-order valence-electron chi connectivity index (χ2n) is 6.23. The average Bonchev–Trinajstić information content (AvgIpc) is 2.59. The van der Waals surface area contributed by atoms with Crippen molar-refractivity contribution in [1.29, 1.82) is 0 Å². The molecule has 25 heavy (non-hydrogen) atoms. The maximum atomic E-state index is 11.8. The molecule has 0 radical (unpaired) electrons. The largest absolute Gasteiger partial charge is 0.466 e. The minimum Gasteiger partial charge on any atom is -0.466 e. The zero-order valence-electron chi connectivity index (χ0n) is 15.5. The fourth-order valence-corrected chi connectivity index (χ4v) is 3.11. The Labute approximate surface area is 168 Å². The summed E-state index contributed by atoms with van der Waals surface area (Å²) in [5.41, 5.74) is 2.62. The number of nitrogens with one attached hydrogen (secondary N) is 1. The van der Waals surface area contributed by atoms with Crippen molar-refractivity contribution in [2.75, 3.05) is 33.3 Å². The number of esters is 1. The highest BCUT2D eigenvalue weighted by Crippen LogP contribution is 2.18. The molecule has 0 aromatic heterocycles. The van der Waals surface area contributed by atoms with E-state index in [1.54, 1.807) is 0 Å². The third-order valence-electron chi connectivity index (χ3n) is 4.41. The number of rotatable bonds is 5. The maximum absolute atomic E-state index is 11.8. The summed E-state index contributed by atoms with van der Waals surface area (Å²) in [5, 5.41) is 3.44. The molecule has 0 aliphatic carbocycles. The molecular weight excluding hydrogens is 429 g/mol. The average molecular weight is 459 g/mol. The number of hydrogen-bond acceptors (Lipinski definition) is 3. The van der Waals surface area contributed by atoms with Crippen molar-refractivity contribution >= 4 is 35.9 Å². The zero-order valence-corrected chi connectivity index (χ0v) is 17.8. The van der Waals surface area contributed by atoms with Crippen LogP contribution in [-0.4, -0.2) is 50.1 Å². The van der Waals surface area contributed by atoms with Crippen LogP contribution in [0.1, 0.15) is 30.9 Å². The van der Waals surface area contributed by atoms with Crippen LogP contribution in [0.2, 0.25) is 0 Å². The number of ether oxygens (including phenoxy) is 1. The van der Waals surface area contributed by atoms with Gasteiger partial charge in [-0.15, -0.1) is 24.0 Å². The van der Waals surface area contributed by atoms with E-state index in [1.165, 1.54) is 11.1 Å². The Bertz CT molecular complexity index is 570. The summed E-state index contributed by atoms with van der Waals surface area (Å²) in [6.07, 6.45) is 2.63. The highest BCUT2D eigenvalue weighted by Gasteiger charge is 2.27. The van der Waals surface area contributed by atoms with Gasteiger partial charge in [-0.1, -0.05) is 29.8 Å². The van der Waals surface area contributed by atoms with E-state index in [4.69, 9.17) is 4.74 Å². The van der Waals surface area contributed by atoms with Crippen molar-refractivity contribution in [2.24, 2.45) is 10.9 Å². The molecule has 2 rings (SSSR count). The number of aliphatic imine (C=N–C) groups is 1. The summed E-state index contributed by atoms with van der Waals surface area (Å²) in [7, 11) is 1.81. The van der Waals surface area contributed by atoms with Crippen molar-refractivity contribution in [3.8, 4) is 0 Å². The van der Waals surface area contributed by atoms with Crippen LogP contribution in [-0.2, 0) is 16.0 Å². The Morgan fingerprint density at radius 1 is 1.36 bits per heavy atom. The van der Waals surface area contributed by atoms with Crippen molar-refractivity contribution in [3.05, 3.63) is 35.4 Å². The van der Waals surface area contributed by atoms with E-state index in [0.29, 0.717) is 6.61 Å².